The number of hydrogen-bond acceptors (Lipinski definition) is 2. The molecule has 1 atom stereocenters. The van der Waals surface area contributed by atoms with Crippen molar-refractivity contribution in [3.05, 3.63) is 82.9 Å². The summed E-state index contributed by atoms with van der Waals surface area (Å²) in [5, 5.41) is 2.30. The molecule has 135 valence electrons. The Balaban J connectivity index is 0.00000280. The van der Waals surface area contributed by atoms with Gasteiger partial charge in [-0.05, 0) is 42.3 Å². The molecular formula is C25H24NO. The number of carbonyl (C=O) groups is 1. The smallest absolute Gasteiger partial charge is 0.139 e. The molecular weight excluding hydrogens is 330 g/mol. The maximum Gasteiger partial charge on any atom is 0.139 e. The van der Waals surface area contributed by atoms with Gasteiger partial charge in [-0.2, -0.15) is 0 Å². The van der Waals surface area contributed by atoms with Gasteiger partial charge in [0.15, 0.2) is 0 Å². The summed E-state index contributed by atoms with van der Waals surface area (Å²) < 4.78 is 0. The molecule has 0 spiro atoms. The average Bonchev–Trinajstić information content (AvgIpc) is 2.67. The number of terminal acetylenes is 1. The van der Waals surface area contributed by atoms with Crippen molar-refractivity contribution in [2.24, 2.45) is 4.99 Å². The number of nitrogens with zero attached hydrogens (tertiary/aromatic N) is 1. The van der Waals surface area contributed by atoms with Gasteiger partial charge in [0, 0.05) is 31.6 Å². The van der Waals surface area contributed by atoms with Crippen molar-refractivity contribution in [1.29, 1.82) is 0 Å². The van der Waals surface area contributed by atoms with Crippen LogP contribution in [0.25, 0.3) is 10.8 Å². The zero-order valence-corrected chi connectivity index (χ0v) is 15.8. The van der Waals surface area contributed by atoms with Crippen LogP contribution in [-0.4, -0.2) is 18.0 Å². The lowest BCUT2D eigenvalue weighted by Gasteiger charge is -2.08. The fraction of sp³-hybridized carbons (Fsp3) is 0.200. The van der Waals surface area contributed by atoms with Crippen LogP contribution in [0.4, 0.5) is 0 Å². The lowest BCUT2D eigenvalue weighted by Crippen LogP contribution is -2.11. The summed E-state index contributed by atoms with van der Waals surface area (Å²) in [6.07, 6.45) is 8.19. The summed E-state index contributed by atoms with van der Waals surface area (Å²) in [5.74, 6) is 2.87. The van der Waals surface area contributed by atoms with Crippen LogP contribution < -0.4 is 0 Å². The Morgan fingerprint density at radius 2 is 1.96 bits per heavy atom. The van der Waals surface area contributed by atoms with E-state index in [1.165, 1.54) is 0 Å². The van der Waals surface area contributed by atoms with E-state index in [1.54, 1.807) is 6.21 Å². The van der Waals surface area contributed by atoms with Crippen molar-refractivity contribution in [2.45, 2.75) is 32.7 Å². The van der Waals surface area contributed by atoms with Crippen molar-refractivity contribution < 1.29 is 6.22 Å². The van der Waals surface area contributed by atoms with Gasteiger partial charge in [0.25, 0.3) is 0 Å². The number of hydrogen-bond donors (Lipinski definition) is 0. The third-order valence-corrected chi connectivity index (χ3v) is 4.62. The normalized spacial score (nSPS) is 12.2. The zero-order valence-electron chi connectivity index (χ0n) is 16.8. The van der Waals surface area contributed by atoms with E-state index in [1.807, 2.05) is 56.3 Å². The molecule has 0 aliphatic rings. The number of ketones is 1. The number of carbonyl (C=O) groups excluding carboxylic acids is 1. The Bertz CT molecular complexity index is 1040. The molecule has 0 saturated carbocycles. The number of Topliss-reactive ketones (excluding diaryl/α,β-unsaturated/α-hetero) is 1. The SMILES string of the molecule is C#Cc1ccc(C)cc1C=NC(C)CC(=O)Cc1cccc2ccccc12.[H]. The molecule has 3 aromatic rings. The maximum absolute atomic E-state index is 12.5. The van der Waals surface area contributed by atoms with Crippen LogP contribution in [0, 0.1) is 19.3 Å². The molecule has 0 heterocycles. The molecule has 0 bridgehead atoms. The van der Waals surface area contributed by atoms with Crippen LogP contribution in [0.3, 0.4) is 0 Å². The number of rotatable bonds is 6. The van der Waals surface area contributed by atoms with E-state index in [4.69, 9.17) is 6.42 Å². The first-order valence-electron chi connectivity index (χ1n) is 9.15. The summed E-state index contributed by atoms with van der Waals surface area (Å²) in [6, 6.07) is 20.1. The van der Waals surface area contributed by atoms with Crippen molar-refractivity contribution in [3.8, 4) is 12.3 Å². The van der Waals surface area contributed by atoms with E-state index in [0.29, 0.717) is 12.8 Å². The Morgan fingerprint density at radius 1 is 1.19 bits per heavy atom. The second-order valence-corrected chi connectivity index (χ2v) is 6.92. The predicted octanol–water partition coefficient (Wildman–Crippen LogP) is 5.25. The largest absolute Gasteiger partial charge is 0.299 e. The minimum Gasteiger partial charge on any atom is -0.299 e. The van der Waals surface area contributed by atoms with E-state index in [9.17, 15) is 4.79 Å². The van der Waals surface area contributed by atoms with E-state index < -0.39 is 0 Å². The highest BCUT2D eigenvalue weighted by molar-refractivity contribution is 5.91. The number of fused-ring (bicyclic) bond motifs is 1. The van der Waals surface area contributed by atoms with Crippen molar-refractivity contribution >= 4 is 22.8 Å². The van der Waals surface area contributed by atoms with Gasteiger partial charge in [-0.15, -0.1) is 6.42 Å². The predicted molar refractivity (Wildman–Crippen MR) is 115 cm³/mol. The van der Waals surface area contributed by atoms with Crippen LogP contribution in [0.1, 0.15) is 37.0 Å². The van der Waals surface area contributed by atoms with Crippen molar-refractivity contribution in [3.63, 3.8) is 0 Å². The topological polar surface area (TPSA) is 29.4 Å². The molecule has 1 unspecified atom stereocenters. The standard InChI is InChI=1S/C25H23NO.H/c1-4-20-13-12-18(2)14-23(20)17-26-19(3)15-24(27)16-22-10-7-9-21-8-5-6-11-25(21)22;/h1,5-14,17,19H,15-16H2,2-3H3;. The molecule has 3 aromatic carbocycles. The van der Waals surface area contributed by atoms with E-state index >= 15 is 0 Å². The van der Waals surface area contributed by atoms with Gasteiger partial charge >= 0.3 is 0 Å². The molecule has 0 N–H and O–H groups in total. The van der Waals surface area contributed by atoms with Crippen LogP contribution in [0.5, 0.6) is 0 Å². The highest BCUT2D eigenvalue weighted by Gasteiger charge is 2.11. The zero-order chi connectivity index (χ0) is 19.2. The van der Waals surface area contributed by atoms with Gasteiger partial charge in [0.1, 0.15) is 5.78 Å². The van der Waals surface area contributed by atoms with Crippen LogP contribution in [0.2, 0.25) is 0 Å². The lowest BCUT2D eigenvalue weighted by molar-refractivity contribution is -0.118. The van der Waals surface area contributed by atoms with E-state index in [0.717, 1.165) is 33.0 Å². The minimum absolute atomic E-state index is 0. The molecule has 2 heteroatoms. The number of aryl methyl sites for hydroxylation is 1. The lowest BCUT2D eigenvalue weighted by atomic mass is 9.98. The summed E-state index contributed by atoms with van der Waals surface area (Å²) >= 11 is 0. The van der Waals surface area contributed by atoms with Gasteiger partial charge in [-0.3, -0.25) is 9.79 Å². The van der Waals surface area contributed by atoms with Crippen molar-refractivity contribution in [1.82, 2.24) is 0 Å². The molecule has 0 fully saturated rings. The summed E-state index contributed by atoms with van der Waals surface area (Å²) in [7, 11) is 0. The highest BCUT2D eigenvalue weighted by atomic mass is 16.1. The van der Waals surface area contributed by atoms with Gasteiger partial charge in [-0.25, -0.2) is 0 Å². The van der Waals surface area contributed by atoms with Crippen LogP contribution in [-0.2, 0) is 11.2 Å². The first kappa shape index (κ1) is 18.6. The minimum atomic E-state index is -0.0846. The summed E-state index contributed by atoms with van der Waals surface area (Å²) in [6.45, 7) is 3.98. The third-order valence-electron chi connectivity index (χ3n) is 4.62. The average molecular weight is 354 g/mol. The Labute approximate surface area is 162 Å². The van der Waals surface area contributed by atoms with Gasteiger partial charge in [0.05, 0.1) is 6.04 Å². The second-order valence-electron chi connectivity index (χ2n) is 6.92. The molecule has 0 saturated heterocycles. The Morgan fingerprint density at radius 3 is 2.78 bits per heavy atom. The summed E-state index contributed by atoms with van der Waals surface area (Å²) in [5.41, 5.74) is 3.95. The highest BCUT2D eigenvalue weighted by Crippen LogP contribution is 2.20. The molecule has 1 radical (unpaired) electrons. The molecule has 0 amide bonds. The number of benzene rings is 3. The van der Waals surface area contributed by atoms with Crippen LogP contribution in [0.15, 0.2) is 65.7 Å². The molecule has 27 heavy (non-hydrogen) atoms. The quantitative estimate of drug-likeness (QED) is 0.439. The monoisotopic (exact) mass is 354 g/mol. The van der Waals surface area contributed by atoms with Gasteiger partial charge in [0.2, 0.25) is 0 Å². The van der Waals surface area contributed by atoms with E-state index in [2.05, 4.69) is 29.1 Å². The second kappa shape index (κ2) is 8.47. The van der Waals surface area contributed by atoms with Gasteiger partial charge < -0.3 is 0 Å². The first-order valence-corrected chi connectivity index (χ1v) is 9.15. The van der Waals surface area contributed by atoms with E-state index in [-0.39, 0.29) is 13.3 Å². The Hall–Kier alpha value is -3.18. The third kappa shape index (κ3) is 4.71. The first-order chi connectivity index (χ1) is 13.1. The fourth-order valence-electron chi connectivity index (χ4n) is 3.24. The van der Waals surface area contributed by atoms with Crippen molar-refractivity contribution in [2.75, 3.05) is 0 Å². The number of aliphatic imine (C=N–C) groups is 1. The molecule has 0 aliphatic heterocycles. The van der Waals surface area contributed by atoms with Crippen LogP contribution >= 0.6 is 0 Å². The van der Waals surface area contributed by atoms with Gasteiger partial charge in [-0.1, -0.05) is 60.0 Å². The fourth-order valence-corrected chi connectivity index (χ4v) is 3.24. The molecule has 0 aromatic heterocycles. The summed E-state index contributed by atoms with van der Waals surface area (Å²) in [4.78, 5) is 17.1. The molecule has 0 aliphatic carbocycles. The molecule has 3 rings (SSSR count). The Kier molecular flexibility index (Phi) is 5.84. The molecule has 2 nitrogen and oxygen atoms in total. The maximum atomic E-state index is 12.5.